The summed E-state index contributed by atoms with van der Waals surface area (Å²) in [6.45, 7) is 0. The number of ether oxygens (including phenoxy) is 1. The SMILES string of the molecule is ClP12(Cl)c3c4cccc3N(c3ccccc3)c3cccc(c31)N(c1ccccc1)c1cccc(c12)O4. The van der Waals surface area contributed by atoms with Crippen LogP contribution in [0.5, 0.6) is 11.5 Å². The number of halogens is 2. The first-order chi connectivity index (χ1) is 17.6. The van der Waals surface area contributed by atoms with Gasteiger partial charge >= 0.3 is 219 Å². The Kier molecular flexibility index (Phi) is 3.93. The monoisotopic (exact) mass is 524 g/mol. The van der Waals surface area contributed by atoms with Gasteiger partial charge in [0.1, 0.15) is 0 Å². The van der Waals surface area contributed by atoms with Crippen molar-refractivity contribution >= 4 is 77.8 Å². The van der Waals surface area contributed by atoms with Crippen molar-refractivity contribution in [3.63, 3.8) is 0 Å². The quantitative estimate of drug-likeness (QED) is 0.211. The predicted octanol–water partition coefficient (Wildman–Crippen LogP) is 8.50. The molecule has 0 aromatic heterocycles. The molecule has 5 aromatic rings. The number of rotatable bonds is 2. The summed E-state index contributed by atoms with van der Waals surface area (Å²) in [7, 11) is 0. The molecule has 0 amide bonds. The van der Waals surface area contributed by atoms with Crippen LogP contribution in [0.15, 0.2) is 115 Å². The Morgan fingerprint density at radius 3 is 1.28 bits per heavy atom. The van der Waals surface area contributed by atoms with Crippen LogP contribution < -0.4 is 30.5 Å². The first-order valence-electron chi connectivity index (χ1n) is 11.8. The fourth-order valence-electron chi connectivity index (χ4n) is 6.04. The second-order valence-electron chi connectivity index (χ2n) is 9.24. The van der Waals surface area contributed by atoms with Gasteiger partial charge in [0.25, 0.3) is 0 Å². The minimum atomic E-state index is -3.94. The Bertz CT molecular complexity index is 1600. The predicted molar refractivity (Wildman–Crippen MR) is 153 cm³/mol. The molecule has 0 atom stereocenters. The molecule has 3 nitrogen and oxygen atoms in total. The standard InChI is InChI=1S/C30H19Cl2N2OP/c31-36(32)28-22-14-7-15-23(28)34(21-12-5-2-6-13-21)25-17-9-19-27(30(25)36)35-26-18-8-16-24(29(26)36)33(22)20-10-3-1-4-11-20/h1-19H. The summed E-state index contributed by atoms with van der Waals surface area (Å²) in [5.74, 6) is 1.43. The number of hydrogen-bond acceptors (Lipinski definition) is 3. The van der Waals surface area contributed by atoms with Crippen LogP contribution in [-0.2, 0) is 0 Å². The first-order valence-corrected chi connectivity index (χ1v) is 15.9. The van der Waals surface area contributed by atoms with Gasteiger partial charge in [0.05, 0.1) is 0 Å². The van der Waals surface area contributed by atoms with Crippen molar-refractivity contribution in [1.29, 1.82) is 0 Å². The third kappa shape index (κ3) is 2.34. The van der Waals surface area contributed by atoms with E-state index in [-0.39, 0.29) is 0 Å². The molecule has 0 spiro atoms. The van der Waals surface area contributed by atoms with E-state index in [0.717, 1.165) is 61.5 Å². The molecule has 0 fully saturated rings. The van der Waals surface area contributed by atoms with E-state index in [1.54, 1.807) is 0 Å². The maximum atomic E-state index is 8.08. The Labute approximate surface area is 218 Å². The summed E-state index contributed by atoms with van der Waals surface area (Å²) in [6.07, 6.45) is 0. The summed E-state index contributed by atoms with van der Waals surface area (Å²) in [5, 5.41) is -1.22. The molecule has 174 valence electrons. The fourth-order valence-corrected chi connectivity index (χ4v) is 13.1. The molecule has 0 unspecified atom stereocenters. The molecule has 5 aromatic carbocycles. The van der Waals surface area contributed by atoms with E-state index in [4.69, 9.17) is 27.2 Å². The van der Waals surface area contributed by atoms with E-state index in [1.165, 1.54) is 0 Å². The summed E-state index contributed by atoms with van der Waals surface area (Å²) in [6, 6.07) is 39.3. The zero-order valence-corrected chi connectivity index (χ0v) is 21.4. The average molecular weight is 525 g/mol. The van der Waals surface area contributed by atoms with Gasteiger partial charge < -0.3 is 0 Å². The summed E-state index contributed by atoms with van der Waals surface area (Å²) >= 11 is 16.2. The number of nitrogens with zero attached hydrogens (tertiary/aromatic N) is 2. The topological polar surface area (TPSA) is 15.7 Å². The Morgan fingerprint density at radius 1 is 0.444 bits per heavy atom. The van der Waals surface area contributed by atoms with Crippen molar-refractivity contribution in [2.75, 3.05) is 9.80 Å². The van der Waals surface area contributed by atoms with Gasteiger partial charge in [-0.15, -0.1) is 0 Å². The van der Waals surface area contributed by atoms with Crippen LogP contribution in [0.2, 0.25) is 0 Å². The molecule has 0 radical (unpaired) electrons. The van der Waals surface area contributed by atoms with E-state index in [9.17, 15) is 0 Å². The van der Waals surface area contributed by atoms with Crippen molar-refractivity contribution in [1.82, 2.24) is 0 Å². The number of benzene rings is 5. The molecule has 3 aliphatic rings. The maximum absolute atomic E-state index is 8.08. The van der Waals surface area contributed by atoms with Gasteiger partial charge in [0.15, 0.2) is 0 Å². The van der Waals surface area contributed by atoms with E-state index < -0.39 is 5.31 Å². The Morgan fingerprint density at radius 2 is 0.833 bits per heavy atom. The van der Waals surface area contributed by atoms with E-state index in [0.29, 0.717) is 0 Å². The van der Waals surface area contributed by atoms with Gasteiger partial charge in [0.2, 0.25) is 0 Å². The second kappa shape index (κ2) is 6.83. The van der Waals surface area contributed by atoms with Crippen molar-refractivity contribution in [3.05, 3.63) is 115 Å². The molecule has 8 rings (SSSR count). The van der Waals surface area contributed by atoms with Crippen LogP contribution in [0.25, 0.3) is 0 Å². The van der Waals surface area contributed by atoms with Crippen molar-refractivity contribution in [3.8, 4) is 11.5 Å². The normalized spacial score (nSPS) is 17.9. The van der Waals surface area contributed by atoms with Crippen LogP contribution in [-0.4, -0.2) is 0 Å². The van der Waals surface area contributed by atoms with Crippen LogP contribution in [0.1, 0.15) is 0 Å². The molecular formula is C30H19Cl2N2OP. The van der Waals surface area contributed by atoms with Gasteiger partial charge in [-0.05, 0) is 0 Å². The van der Waals surface area contributed by atoms with Crippen molar-refractivity contribution in [2.24, 2.45) is 0 Å². The van der Waals surface area contributed by atoms with E-state index >= 15 is 0 Å². The Balaban J connectivity index is 1.59. The van der Waals surface area contributed by atoms with Crippen LogP contribution >= 0.6 is 27.8 Å². The van der Waals surface area contributed by atoms with Crippen molar-refractivity contribution in [2.45, 2.75) is 0 Å². The molecule has 0 N–H and O–H groups in total. The minimum absolute atomic E-state index is 0.717. The molecule has 0 bridgehead atoms. The molecule has 0 saturated carbocycles. The van der Waals surface area contributed by atoms with Gasteiger partial charge in [-0.25, -0.2) is 0 Å². The fraction of sp³-hybridized carbons (Fsp3) is 0. The third-order valence-corrected chi connectivity index (χ3v) is 14.1. The van der Waals surface area contributed by atoms with Gasteiger partial charge in [-0.1, -0.05) is 0 Å². The summed E-state index contributed by atoms with van der Waals surface area (Å²) in [4.78, 5) is 4.53. The molecule has 0 saturated heterocycles. The van der Waals surface area contributed by atoms with Crippen LogP contribution in [0.3, 0.4) is 0 Å². The van der Waals surface area contributed by atoms with Crippen LogP contribution in [0, 0.1) is 0 Å². The summed E-state index contributed by atoms with van der Waals surface area (Å²) < 4.78 is 6.56. The van der Waals surface area contributed by atoms with E-state index in [2.05, 4.69) is 88.7 Å². The van der Waals surface area contributed by atoms with Crippen molar-refractivity contribution < 1.29 is 4.74 Å². The van der Waals surface area contributed by atoms with E-state index in [1.807, 2.05) is 36.4 Å². The summed E-state index contributed by atoms with van der Waals surface area (Å²) in [5.41, 5.74) is 5.99. The number of hydrogen-bond donors (Lipinski definition) is 0. The number of anilines is 6. The second-order valence-corrected chi connectivity index (χ2v) is 17.0. The van der Waals surface area contributed by atoms with Gasteiger partial charge in [-0.2, -0.15) is 0 Å². The van der Waals surface area contributed by atoms with Gasteiger partial charge in [-0.3, -0.25) is 0 Å². The zero-order valence-electron chi connectivity index (χ0n) is 19.0. The molecule has 0 aliphatic carbocycles. The molecule has 36 heavy (non-hydrogen) atoms. The Hall–Kier alpha value is -3.49. The molecular weight excluding hydrogens is 506 g/mol. The molecule has 3 heterocycles. The molecule has 3 aliphatic heterocycles. The van der Waals surface area contributed by atoms with Gasteiger partial charge in [0, 0.05) is 0 Å². The zero-order chi connectivity index (χ0) is 24.1. The first kappa shape index (κ1) is 20.7. The molecule has 6 heteroatoms. The number of para-hydroxylation sites is 2. The third-order valence-electron chi connectivity index (χ3n) is 7.34. The average Bonchev–Trinajstić information content (AvgIpc) is 2.90. The van der Waals surface area contributed by atoms with Crippen LogP contribution in [0.4, 0.5) is 34.1 Å².